The Kier molecular flexibility index (Phi) is 5.16. The van der Waals surface area contributed by atoms with Crippen LogP contribution in [-0.4, -0.2) is 45.9 Å². The monoisotopic (exact) mass is 411 g/mol. The summed E-state index contributed by atoms with van der Waals surface area (Å²) in [4.78, 5) is 46.0. The lowest BCUT2D eigenvalue weighted by atomic mass is 9.65. The van der Waals surface area contributed by atoms with Gasteiger partial charge >= 0.3 is 5.97 Å². The predicted octanol–water partition coefficient (Wildman–Crippen LogP) is 2.83. The van der Waals surface area contributed by atoms with Crippen LogP contribution in [0.5, 0.6) is 0 Å². The van der Waals surface area contributed by atoms with Crippen molar-refractivity contribution in [2.24, 2.45) is 10.8 Å². The van der Waals surface area contributed by atoms with Crippen LogP contribution in [0.3, 0.4) is 0 Å². The van der Waals surface area contributed by atoms with E-state index in [1.54, 1.807) is 18.2 Å². The zero-order valence-electron chi connectivity index (χ0n) is 17.9. The van der Waals surface area contributed by atoms with Crippen molar-refractivity contribution in [1.82, 2.24) is 14.9 Å². The van der Waals surface area contributed by atoms with E-state index in [0.717, 1.165) is 25.8 Å². The summed E-state index contributed by atoms with van der Waals surface area (Å²) in [6, 6.07) is 7.30. The van der Waals surface area contributed by atoms with Crippen LogP contribution in [0.2, 0.25) is 0 Å². The van der Waals surface area contributed by atoms with Crippen molar-refractivity contribution in [2.45, 2.75) is 58.9 Å². The molecule has 1 N–H and O–H groups in total. The number of para-hydroxylation sites is 1. The highest BCUT2D eigenvalue weighted by Gasteiger charge is 2.50. The molecule has 7 nitrogen and oxygen atoms in total. The average Bonchev–Trinajstić information content (AvgIpc) is 2.93. The highest BCUT2D eigenvalue weighted by atomic mass is 16.5. The topological polar surface area (TPSA) is 92.4 Å². The van der Waals surface area contributed by atoms with Crippen molar-refractivity contribution in [2.75, 3.05) is 13.2 Å². The van der Waals surface area contributed by atoms with Gasteiger partial charge in [0.25, 0.3) is 11.5 Å². The Morgan fingerprint density at radius 3 is 2.80 bits per heavy atom. The van der Waals surface area contributed by atoms with Gasteiger partial charge in [0, 0.05) is 19.0 Å². The lowest BCUT2D eigenvalue weighted by Crippen LogP contribution is -2.39. The third-order valence-electron chi connectivity index (χ3n) is 6.32. The quantitative estimate of drug-likeness (QED) is 0.764. The van der Waals surface area contributed by atoms with Gasteiger partial charge in [-0.15, -0.1) is 0 Å². The molecule has 1 aromatic carbocycles. The number of aryl methyl sites for hydroxylation is 1. The fourth-order valence-corrected chi connectivity index (χ4v) is 5.52. The number of esters is 1. The maximum atomic E-state index is 12.7. The molecule has 30 heavy (non-hydrogen) atoms. The number of ether oxygens (including phenoxy) is 1. The third kappa shape index (κ3) is 4.25. The van der Waals surface area contributed by atoms with Gasteiger partial charge in [0.2, 0.25) is 0 Å². The minimum Gasteiger partial charge on any atom is -0.456 e. The fourth-order valence-electron chi connectivity index (χ4n) is 5.52. The number of nitrogens with zero attached hydrogens (tertiary/aromatic N) is 2. The van der Waals surface area contributed by atoms with Gasteiger partial charge in [-0.25, -0.2) is 4.98 Å². The number of hydrogen-bond donors (Lipinski definition) is 1. The molecule has 2 aromatic rings. The predicted molar refractivity (Wildman–Crippen MR) is 113 cm³/mol. The normalized spacial score (nSPS) is 24.8. The van der Waals surface area contributed by atoms with Crippen LogP contribution in [0.4, 0.5) is 0 Å². The Balaban J connectivity index is 1.30. The Hall–Kier alpha value is -2.70. The summed E-state index contributed by atoms with van der Waals surface area (Å²) in [6.45, 7) is 7.28. The van der Waals surface area contributed by atoms with Crippen molar-refractivity contribution in [1.29, 1.82) is 0 Å². The molecular formula is C23H29N3O4. The molecule has 1 aliphatic carbocycles. The Morgan fingerprint density at radius 2 is 2.00 bits per heavy atom. The van der Waals surface area contributed by atoms with Gasteiger partial charge in [0.05, 0.1) is 17.3 Å². The van der Waals surface area contributed by atoms with Crippen molar-refractivity contribution < 1.29 is 14.3 Å². The van der Waals surface area contributed by atoms with Gasteiger partial charge in [0.1, 0.15) is 5.82 Å². The first-order valence-corrected chi connectivity index (χ1v) is 10.6. The van der Waals surface area contributed by atoms with Gasteiger partial charge in [-0.05, 0) is 42.2 Å². The molecule has 1 saturated carbocycles. The number of benzene rings is 1. The number of likely N-dealkylation sites (tertiary alicyclic amines) is 1. The number of H-pyrrole nitrogens is 1. The largest absolute Gasteiger partial charge is 0.456 e. The van der Waals surface area contributed by atoms with Crippen LogP contribution >= 0.6 is 0 Å². The van der Waals surface area contributed by atoms with E-state index in [4.69, 9.17) is 4.74 Å². The number of nitrogens with one attached hydrogen (secondary N) is 1. The van der Waals surface area contributed by atoms with Crippen molar-refractivity contribution in [3.8, 4) is 0 Å². The van der Waals surface area contributed by atoms with E-state index < -0.39 is 5.97 Å². The SMILES string of the molecule is CC1(C)C[C@H]2C[C@@](C)(CN2C(=O)COC(=O)CCc2nc3ccccc3c(=O)[nH]2)C1. The summed E-state index contributed by atoms with van der Waals surface area (Å²) in [5.41, 5.74) is 0.749. The molecular weight excluding hydrogens is 382 g/mol. The number of carbonyl (C=O) groups is 2. The van der Waals surface area contributed by atoms with E-state index >= 15 is 0 Å². The number of rotatable bonds is 5. The molecule has 4 rings (SSSR count). The first-order valence-electron chi connectivity index (χ1n) is 10.6. The molecule has 160 valence electrons. The number of amides is 1. The first kappa shape index (κ1) is 20.6. The van der Waals surface area contributed by atoms with E-state index in [1.807, 2.05) is 11.0 Å². The van der Waals surface area contributed by atoms with Crippen LogP contribution in [0, 0.1) is 10.8 Å². The molecule has 2 heterocycles. The van der Waals surface area contributed by atoms with Crippen LogP contribution in [0.25, 0.3) is 10.9 Å². The summed E-state index contributed by atoms with van der Waals surface area (Å²) in [6.07, 6.45) is 3.44. The molecule has 1 aromatic heterocycles. The summed E-state index contributed by atoms with van der Waals surface area (Å²) < 4.78 is 5.24. The maximum absolute atomic E-state index is 12.7. The zero-order chi connectivity index (χ0) is 21.5. The van der Waals surface area contributed by atoms with Crippen molar-refractivity contribution in [3.63, 3.8) is 0 Å². The van der Waals surface area contributed by atoms with Crippen LogP contribution in [-0.2, 0) is 20.7 Å². The lowest BCUT2D eigenvalue weighted by Gasteiger charge is -2.39. The summed E-state index contributed by atoms with van der Waals surface area (Å²) >= 11 is 0. The number of carbonyl (C=O) groups excluding carboxylic acids is 2. The van der Waals surface area contributed by atoms with E-state index in [-0.39, 0.29) is 47.8 Å². The standard InChI is InChI=1S/C23H29N3O4/c1-22(2)10-15-11-23(3,13-22)14-26(15)19(27)12-30-20(28)9-8-18-24-17-7-5-4-6-16(17)21(29)25-18/h4-7,15H,8-14H2,1-3H3,(H,24,25,29)/t15-,23+/m0/s1. The fraction of sp³-hybridized carbons (Fsp3) is 0.565. The highest BCUT2D eigenvalue weighted by Crippen LogP contribution is 2.52. The smallest absolute Gasteiger partial charge is 0.306 e. The number of aromatic nitrogens is 2. The average molecular weight is 412 g/mol. The molecule has 2 atom stereocenters. The molecule has 1 amide bonds. The van der Waals surface area contributed by atoms with Gasteiger partial charge in [-0.2, -0.15) is 0 Å². The minimum absolute atomic E-state index is 0.0583. The minimum atomic E-state index is -0.465. The maximum Gasteiger partial charge on any atom is 0.306 e. The number of hydrogen-bond acceptors (Lipinski definition) is 5. The second-order valence-corrected chi connectivity index (χ2v) is 9.93. The third-order valence-corrected chi connectivity index (χ3v) is 6.32. The van der Waals surface area contributed by atoms with Gasteiger partial charge in [0.15, 0.2) is 6.61 Å². The summed E-state index contributed by atoms with van der Waals surface area (Å²) in [7, 11) is 0. The van der Waals surface area contributed by atoms with Crippen LogP contribution in [0.1, 0.15) is 52.3 Å². The highest BCUT2D eigenvalue weighted by molar-refractivity contribution is 5.81. The number of aromatic amines is 1. The van der Waals surface area contributed by atoms with Gasteiger partial charge < -0.3 is 14.6 Å². The zero-order valence-corrected chi connectivity index (χ0v) is 17.9. The van der Waals surface area contributed by atoms with E-state index in [9.17, 15) is 14.4 Å². The van der Waals surface area contributed by atoms with Crippen molar-refractivity contribution >= 4 is 22.8 Å². The molecule has 7 heteroatoms. The molecule has 1 saturated heterocycles. The summed E-state index contributed by atoms with van der Waals surface area (Å²) in [5, 5.41) is 0.516. The molecule has 2 fully saturated rings. The Morgan fingerprint density at radius 1 is 1.23 bits per heavy atom. The Labute approximate surface area is 175 Å². The Bertz CT molecular complexity index is 1040. The van der Waals surface area contributed by atoms with E-state index in [0.29, 0.717) is 16.7 Å². The van der Waals surface area contributed by atoms with Gasteiger partial charge in [-0.1, -0.05) is 32.9 Å². The summed E-state index contributed by atoms with van der Waals surface area (Å²) in [5.74, 6) is -0.148. The van der Waals surface area contributed by atoms with E-state index in [2.05, 4.69) is 30.7 Å². The van der Waals surface area contributed by atoms with Crippen LogP contribution < -0.4 is 5.56 Å². The second-order valence-electron chi connectivity index (χ2n) is 9.93. The lowest BCUT2D eigenvalue weighted by molar-refractivity contribution is -0.152. The number of fused-ring (bicyclic) bond motifs is 3. The second kappa shape index (κ2) is 7.52. The van der Waals surface area contributed by atoms with Crippen LogP contribution in [0.15, 0.2) is 29.1 Å². The molecule has 0 radical (unpaired) electrons. The molecule has 2 bridgehead atoms. The van der Waals surface area contributed by atoms with E-state index in [1.165, 1.54) is 0 Å². The molecule has 2 aliphatic rings. The molecule has 0 spiro atoms. The van der Waals surface area contributed by atoms with Crippen molar-refractivity contribution in [3.05, 3.63) is 40.4 Å². The molecule has 1 aliphatic heterocycles. The van der Waals surface area contributed by atoms with Gasteiger partial charge in [-0.3, -0.25) is 14.4 Å². The molecule has 0 unspecified atom stereocenters. The first-order chi connectivity index (χ1) is 14.1.